The van der Waals surface area contributed by atoms with E-state index < -0.39 is 17.4 Å². The quantitative estimate of drug-likeness (QED) is 0.575. The summed E-state index contributed by atoms with van der Waals surface area (Å²) >= 11 is 5.81. The molecule has 0 saturated carbocycles. The van der Waals surface area contributed by atoms with Crippen LogP contribution in [0.25, 0.3) is 28.1 Å². The molecular weight excluding hydrogens is 382 g/mol. The third kappa shape index (κ3) is 2.90. The van der Waals surface area contributed by atoms with Crippen molar-refractivity contribution in [2.75, 3.05) is 7.11 Å². The van der Waals surface area contributed by atoms with Crippen LogP contribution < -0.4 is 5.76 Å². The summed E-state index contributed by atoms with van der Waals surface area (Å²) in [5.74, 6) is -1.49. The van der Waals surface area contributed by atoms with Crippen molar-refractivity contribution in [1.29, 1.82) is 0 Å². The number of aromatic nitrogens is 4. The van der Waals surface area contributed by atoms with Crippen LogP contribution in [0.4, 0.5) is 8.78 Å². The Labute approximate surface area is 155 Å². The van der Waals surface area contributed by atoms with E-state index in [1.165, 1.54) is 31.4 Å². The Hall–Kier alpha value is -3.04. The Morgan fingerprint density at radius 2 is 2.04 bits per heavy atom. The lowest BCUT2D eigenvalue weighted by molar-refractivity contribution is 0.179. The average Bonchev–Trinajstić information content (AvgIpc) is 3.23. The summed E-state index contributed by atoms with van der Waals surface area (Å²) in [7, 11) is 1.48. The highest BCUT2D eigenvalue weighted by molar-refractivity contribution is 6.30. The second kappa shape index (κ2) is 6.60. The van der Waals surface area contributed by atoms with Crippen molar-refractivity contribution in [2.24, 2.45) is 0 Å². The maximum atomic E-state index is 14.2. The monoisotopic (exact) mass is 392 g/mol. The molecule has 4 rings (SSSR count). The van der Waals surface area contributed by atoms with E-state index in [4.69, 9.17) is 20.9 Å². The average molecular weight is 393 g/mol. The first-order valence-electron chi connectivity index (χ1n) is 7.70. The van der Waals surface area contributed by atoms with Crippen molar-refractivity contribution in [3.63, 3.8) is 0 Å². The lowest BCUT2D eigenvalue weighted by Crippen LogP contribution is -2.13. The van der Waals surface area contributed by atoms with Crippen molar-refractivity contribution >= 4 is 22.6 Å². The zero-order chi connectivity index (χ0) is 19.1. The van der Waals surface area contributed by atoms with Crippen LogP contribution >= 0.6 is 11.6 Å². The summed E-state index contributed by atoms with van der Waals surface area (Å²) in [4.78, 5) is 19.3. The number of nitrogens with one attached hydrogen (secondary N) is 1. The van der Waals surface area contributed by atoms with Crippen LogP contribution in [0, 0.1) is 11.6 Å². The lowest BCUT2D eigenvalue weighted by Gasteiger charge is -2.06. The van der Waals surface area contributed by atoms with E-state index in [0.29, 0.717) is 16.9 Å². The van der Waals surface area contributed by atoms with Gasteiger partial charge in [-0.1, -0.05) is 16.8 Å². The predicted octanol–water partition coefficient (Wildman–Crippen LogP) is 3.45. The van der Waals surface area contributed by atoms with E-state index in [-0.39, 0.29) is 28.7 Å². The SMILES string of the molecule is COCc1nc2c(F)ccc(-c3noc(=O)n3-c3ccc(F)c(Cl)c3)c2[nH]1. The summed E-state index contributed by atoms with van der Waals surface area (Å²) in [6, 6.07) is 6.38. The van der Waals surface area contributed by atoms with Crippen LogP contribution in [0.1, 0.15) is 5.82 Å². The topological polar surface area (TPSA) is 85.9 Å². The van der Waals surface area contributed by atoms with Crippen LogP contribution in [-0.4, -0.2) is 26.8 Å². The van der Waals surface area contributed by atoms with Crippen molar-refractivity contribution in [3.05, 3.63) is 63.4 Å². The first-order chi connectivity index (χ1) is 13.0. The third-order valence-corrected chi connectivity index (χ3v) is 4.22. The van der Waals surface area contributed by atoms with Crippen LogP contribution in [0.2, 0.25) is 5.02 Å². The van der Waals surface area contributed by atoms with E-state index in [9.17, 15) is 13.6 Å². The van der Waals surface area contributed by atoms with Crippen molar-refractivity contribution in [2.45, 2.75) is 6.61 Å². The fourth-order valence-corrected chi connectivity index (χ4v) is 2.95. The van der Waals surface area contributed by atoms with Gasteiger partial charge in [-0.3, -0.25) is 4.52 Å². The van der Waals surface area contributed by atoms with Gasteiger partial charge in [-0.2, -0.15) is 0 Å². The van der Waals surface area contributed by atoms with Gasteiger partial charge in [0.2, 0.25) is 0 Å². The molecule has 0 saturated heterocycles. The maximum Gasteiger partial charge on any atom is 0.446 e. The van der Waals surface area contributed by atoms with E-state index >= 15 is 0 Å². The minimum Gasteiger partial charge on any atom is -0.377 e. The van der Waals surface area contributed by atoms with E-state index in [2.05, 4.69) is 15.1 Å². The van der Waals surface area contributed by atoms with Gasteiger partial charge >= 0.3 is 5.76 Å². The van der Waals surface area contributed by atoms with E-state index in [1.54, 1.807) is 0 Å². The minimum atomic E-state index is -0.804. The first-order valence-corrected chi connectivity index (χ1v) is 8.08. The summed E-state index contributed by atoms with van der Waals surface area (Å²) in [6.45, 7) is 0.146. The van der Waals surface area contributed by atoms with Gasteiger partial charge in [0.25, 0.3) is 0 Å². The predicted molar refractivity (Wildman–Crippen MR) is 92.8 cm³/mol. The van der Waals surface area contributed by atoms with Crippen LogP contribution in [-0.2, 0) is 11.3 Å². The molecule has 0 spiro atoms. The van der Waals surface area contributed by atoms with E-state index in [1.807, 2.05) is 0 Å². The molecule has 2 heterocycles. The molecule has 7 nitrogen and oxygen atoms in total. The second-order valence-electron chi connectivity index (χ2n) is 5.64. The number of H-pyrrole nitrogens is 1. The van der Waals surface area contributed by atoms with Gasteiger partial charge in [0.05, 0.1) is 16.2 Å². The molecular formula is C17H11ClF2N4O3. The van der Waals surface area contributed by atoms with Crippen LogP contribution in [0.3, 0.4) is 0 Å². The highest BCUT2D eigenvalue weighted by atomic mass is 35.5. The van der Waals surface area contributed by atoms with Crippen molar-refractivity contribution < 1.29 is 18.0 Å². The number of imidazole rings is 1. The van der Waals surface area contributed by atoms with Gasteiger partial charge in [0.15, 0.2) is 11.6 Å². The molecule has 0 fully saturated rings. The Morgan fingerprint density at radius 3 is 2.78 bits per heavy atom. The molecule has 0 aliphatic rings. The molecule has 0 unspecified atom stereocenters. The molecule has 0 radical (unpaired) electrons. The first kappa shape index (κ1) is 17.4. The zero-order valence-electron chi connectivity index (χ0n) is 13.8. The Balaban J connectivity index is 1.96. The largest absolute Gasteiger partial charge is 0.446 e. The second-order valence-corrected chi connectivity index (χ2v) is 6.05. The number of aromatic amines is 1. The number of halogens is 3. The van der Waals surface area contributed by atoms with Gasteiger partial charge in [-0.25, -0.2) is 23.1 Å². The Bertz CT molecular complexity index is 1210. The molecule has 4 aromatic rings. The van der Waals surface area contributed by atoms with Crippen LogP contribution in [0.15, 0.2) is 39.6 Å². The number of benzene rings is 2. The van der Waals surface area contributed by atoms with Crippen molar-refractivity contribution in [3.8, 4) is 17.1 Å². The fraction of sp³-hybridized carbons (Fsp3) is 0.118. The number of hydrogen-bond acceptors (Lipinski definition) is 5. The summed E-state index contributed by atoms with van der Waals surface area (Å²) < 4.78 is 38.5. The molecule has 27 heavy (non-hydrogen) atoms. The summed E-state index contributed by atoms with van der Waals surface area (Å²) in [5, 5.41) is 3.62. The molecule has 0 amide bonds. The molecule has 2 aromatic heterocycles. The molecule has 0 bridgehead atoms. The van der Waals surface area contributed by atoms with Gasteiger partial charge in [0.1, 0.15) is 23.8 Å². The van der Waals surface area contributed by atoms with Crippen molar-refractivity contribution in [1.82, 2.24) is 19.7 Å². The Morgan fingerprint density at radius 1 is 1.26 bits per heavy atom. The Kier molecular flexibility index (Phi) is 4.25. The highest BCUT2D eigenvalue weighted by Gasteiger charge is 2.21. The number of nitrogens with zero attached hydrogens (tertiary/aromatic N) is 3. The smallest absolute Gasteiger partial charge is 0.377 e. The summed E-state index contributed by atoms with van der Waals surface area (Å²) in [6.07, 6.45) is 0. The van der Waals surface area contributed by atoms with Crippen LogP contribution in [0.5, 0.6) is 0 Å². The molecule has 2 aromatic carbocycles. The number of fused-ring (bicyclic) bond motifs is 1. The maximum absolute atomic E-state index is 14.2. The number of rotatable bonds is 4. The number of methoxy groups -OCH3 is 1. The standard InChI is InChI=1S/C17H11ClF2N4O3/c1-26-7-13-21-14-9(3-5-12(20)15(14)22-13)16-23-27-17(25)24(16)8-2-4-11(19)10(18)6-8/h2-6H,7H2,1H3,(H,21,22). The molecule has 0 atom stereocenters. The molecule has 0 aliphatic carbocycles. The van der Waals surface area contributed by atoms with Gasteiger partial charge < -0.3 is 9.72 Å². The van der Waals surface area contributed by atoms with E-state index in [0.717, 1.165) is 10.6 Å². The minimum absolute atomic E-state index is 0.0682. The number of hydrogen-bond donors (Lipinski definition) is 1. The lowest BCUT2D eigenvalue weighted by atomic mass is 10.1. The number of ether oxygens (including phenoxy) is 1. The molecule has 10 heteroatoms. The van der Waals surface area contributed by atoms with Gasteiger partial charge in [-0.05, 0) is 30.3 Å². The zero-order valence-corrected chi connectivity index (χ0v) is 14.6. The molecule has 0 aliphatic heterocycles. The molecule has 1 N–H and O–H groups in total. The van der Waals surface area contributed by atoms with Gasteiger partial charge in [0, 0.05) is 12.7 Å². The summed E-state index contributed by atoms with van der Waals surface area (Å²) in [5.41, 5.74) is 1.00. The van der Waals surface area contributed by atoms with Gasteiger partial charge in [-0.15, -0.1) is 0 Å². The third-order valence-electron chi connectivity index (χ3n) is 3.93. The molecule has 138 valence electrons. The normalized spacial score (nSPS) is 11.4. The highest BCUT2D eigenvalue weighted by Crippen LogP contribution is 2.29. The fourth-order valence-electron chi connectivity index (χ4n) is 2.77.